The molecule has 0 radical (unpaired) electrons. The Labute approximate surface area is 156 Å². The van der Waals surface area contributed by atoms with Gasteiger partial charge in [0.15, 0.2) is 0 Å². The molecular formula is C19H21N3O3S. The molecule has 0 saturated heterocycles. The van der Waals surface area contributed by atoms with Gasteiger partial charge in [0, 0.05) is 0 Å². The van der Waals surface area contributed by atoms with Gasteiger partial charge in [-0.2, -0.15) is 4.98 Å². The minimum absolute atomic E-state index is 0.0685. The number of aromatic nitrogens is 2. The molecule has 3 aromatic rings. The summed E-state index contributed by atoms with van der Waals surface area (Å²) in [5.74, 6) is 1.51. The van der Waals surface area contributed by atoms with Crippen molar-refractivity contribution >= 4 is 17.2 Å². The third-order valence-electron chi connectivity index (χ3n) is 4.05. The van der Waals surface area contributed by atoms with Crippen molar-refractivity contribution < 1.29 is 14.1 Å². The molecule has 0 saturated carbocycles. The Morgan fingerprint density at radius 2 is 2.04 bits per heavy atom. The molecular weight excluding hydrogens is 350 g/mol. The van der Waals surface area contributed by atoms with E-state index in [0.29, 0.717) is 11.7 Å². The molecule has 1 unspecified atom stereocenters. The zero-order valence-electron chi connectivity index (χ0n) is 14.9. The van der Waals surface area contributed by atoms with Crippen LogP contribution < -0.4 is 10.1 Å². The lowest BCUT2D eigenvalue weighted by Crippen LogP contribution is -2.31. The number of carbonyl (C=O) groups is 1. The first-order valence-corrected chi connectivity index (χ1v) is 9.24. The highest BCUT2D eigenvalue weighted by Gasteiger charge is 2.24. The minimum atomic E-state index is -0.263. The summed E-state index contributed by atoms with van der Waals surface area (Å²) < 4.78 is 10.4. The fourth-order valence-corrected chi connectivity index (χ4v) is 3.40. The van der Waals surface area contributed by atoms with Gasteiger partial charge in [0.25, 0.3) is 0 Å². The normalized spacial score (nSPS) is 12.2. The van der Waals surface area contributed by atoms with E-state index in [4.69, 9.17) is 9.26 Å². The second-order valence-electron chi connectivity index (χ2n) is 6.20. The highest BCUT2D eigenvalue weighted by atomic mass is 32.1. The Morgan fingerprint density at radius 1 is 1.27 bits per heavy atom. The van der Waals surface area contributed by atoms with Crippen molar-refractivity contribution in [3.8, 4) is 16.5 Å². The van der Waals surface area contributed by atoms with Gasteiger partial charge in [-0.15, -0.1) is 11.3 Å². The summed E-state index contributed by atoms with van der Waals surface area (Å²) in [6, 6.07) is 11.4. The number of rotatable bonds is 7. The number of thiophene rings is 1. The van der Waals surface area contributed by atoms with Crippen LogP contribution in [0.3, 0.4) is 0 Å². The maximum absolute atomic E-state index is 12.7. The first kappa shape index (κ1) is 18.1. The van der Waals surface area contributed by atoms with Crippen molar-refractivity contribution in [2.45, 2.75) is 26.3 Å². The molecule has 0 fully saturated rings. The van der Waals surface area contributed by atoms with E-state index in [9.17, 15) is 4.79 Å². The van der Waals surface area contributed by atoms with E-state index in [1.165, 1.54) is 0 Å². The number of methoxy groups -OCH3 is 1. The van der Waals surface area contributed by atoms with Crippen LogP contribution in [0.1, 0.15) is 31.2 Å². The molecule has 0 aliphatic rings. The van der Waals surface area contributed by atoms with Crippen molar-refractivity contribution in [3.63, 3.8) is 0 Å². The number of nitrogens with one attached hydrogen (secondary N) is 1. The molecule has 0 aliphatic heterocycles. The Balaban J connectivity index is 1.66. The van der Waals surface area contributed by atoms with E-state index in [0.717, 1.165) is 16.2 Å². The van der Waals surface area contributed by atoms with Gasteiger partial charge in [-0.1, -0.05) is 37.2 Å². The van der Waals surface area contributed by atoms with Crippen LogP contribution in [0, 0.1) is 5.92 Å². The molecule has 0 bridgehead atoms. The van der Waals surface area contributed by atoms with Crippen LogP contribution >= 0.6 is 11.3 Å². The smallest absolute Gasteiger partial charge is 0.246 e. The van der Waals surface area contributed by atoms with Gasteiger partial charge >= 0.3 is 0 Å². The van der Waals surface area contributed by atoms with E-state index in [1.54, 1.807) is 18.4 Å². The minimum Gasteiger partial charge on any atom is -0.497 e. The van der Waals surface area contributed by atoms with E-state index in [-0.39, 0.29) is 24.3 Å². The molecule has 3 rings (SSSR count). The van der Waals surface area contributed by atoms with Crippen molar-refractivity contribution in [1.82, 2.24) is 15.5 Å². The molecule has 26 heavy (non-hydrogen) atoms. The van der Waals surface area contributed by atoms with Crippen molar-refractivity contribution in [3.05, 3.63) is 53.2 Å². The van der Waals surface area contributed by atoms with E-state index < -0.39 is 0 Å². The Morgan fingerprint density at radius 3 is 2.65 bits per heavy atom. The maximum atomic E-state index is 12.7. The zero-order valence-corrected chi connectivity index (χ0v) is 15.7. The lowest BCUT2D eigenvalue weighted by atomic mass is 9.87. The zero-order chi connectivity index (χ0) is 18.5. The first-order valence-electron chi connectivity index (χ1n) is 8.36. The van der Waals surface area contributed by atoms with E-state index in [2.05, 4.69) is 15.5 Å². The molecule has 6 nitrogen and oxygen atoms in total. The second-order valence-corrected chi connectivity index (χ2v) is 7.15. The number of carbonyl (C=O) groups excluding carboxylic acids is 1. The average Bonchev–Trinajstić information content (AvgIpc) is 3.32. The molecule has 136 valence electrons. The number of ether oxygens (including phenoxy) is 1. The highest BCUT2D eigenvalue weighted by Crippen LogP contribution is 2.27. The molecule has 0 spiro atoms. The second kappa shape index (κ2) is 8.14. The van der Waals surface area contributed by atoms with Crippen LogP contribution in [0.4, 0.5) is 0 Å². The highest BCUT2D eigenvalue weighted by molar-refractivity contribution is 7.13. The summed E-state index contributed by atoms with van der Waals surface area (Å²) in [4.78, 5) is 18.0. The molecule has 2 heterocycles. The van der Waals surface area contributed by atoms with Crippen LogP contribution in [-0.4, -0.2) is 23.2 Å². The summed E-state index contributed by atoms with van der Waals surface area (Å²) in [7, 11) is 1.62. The molecule has 0 aliphatic carbocycles. The topological polar surface area (TPSA) is 77.2 Å². The standard InChI is InChI=1S/C19H21N3O3S/c1-12(2)17(13-6-8-14(24-3)9-7-13)19(23)20-11-16-21-18(22-25-16)15-5-4-10-26-15/h4-10,12,17H,11H2,1-3H3,(H,20,23). The Kier molecular flexibility index (Phi) is 5.68. The van der Waals surface area contributed by atoms with Gasteiger partial charge in [0.2, 0.25) is 17.6 Å². The third kappa shape index (κ3) is 4.11. The summed E-state index contributed by atoms with van der Waals surface area (Å²) in [6.07, 6.45) is 0. The number of amides is 1. The fraction of sp³-hybridized carbons (Fsp3) is 0.316. The van der Waals surface area contributed by atoms with E-state index in [1.807, 2.05) is 55.6 Å². The number of hydrogen-bond donors (Lipinski definition) is 1. The lowest BCUT2D eigenvalue weighted by molar-refractivity contribution is -0.123. The first-order chi connectivity index (χ1) is 12.6. The van der Waals surface area contributed by atoms with Gasteiger partial charge in [-0.05, 0) is 35.1 Å². The van der Waals surface area contributed by atoms with Crippen LogP contribution in [0.5, 0.6) is 5.75 Å². The van der Waals surface area contributed by atoms with Gasteiger partial charge in [0.05, 0.1) is 24.4 Å². The van der Waals surface area contributed by atoms with Crippen molar-refractivity contribution in [2.24, 2.45) is 5.92 Å². The quantitative estimate of drug-likeness (QED) is 0.682. The summed E-state index contributed by atoms with van der Waals surface area (Å²) in [5.41, 5.74) is 0.947. The van der Waals surface area contributed by atoms with Crippen LogP contribution in [0.2, 0.25) is 0 Å². The van der Waals surface area contributed by atoms with Gasteiger partial charge in [-0.3, -0.25) is 4.79 Å². The molecule has 1 amide bonds. The van der Waals surface area contributed by atoms with Gasteiger partial charge in [0.1, 0.15) is 5.75 Å². The number of benzene rings is 1. The average molecular weight is 371 g/mol. The number of nitrogens with zero attached hydrogens (tertiary/aromatic N) is 2. The van der Waals surface area contributed by atoms with Gasteiger partial charge < -0.3 is 14.6 Å². The predicted molar refractivity (Wildman–Crippen MR) is 100 cm³/mol. The van der Waals surface area contributed by atoms with Crippen molar-refractivity contribution in [2.75, 3.05) is 7.11 Å². The molecule has 1 atom stereocenters. The summed E-state index contributed by atoms with van der Waals surface area (Å²) in [5, 5.41) is 8.81. The Bertz CT molecular complexity index is 841. The van der Waals surface area contributed by atoms with Crippen molar-refractivity contribution in [1.29, 1.82) is 0 Å². The molecule has 7 heteroatoms. The predicted octanol–water partition coefficient (Wildman–Crippen LogP) is 3.86. The largest absolute Gasteiger partial charge is 0.497 e. The fourth-order valence-electron chi connectivity index (χ4n) is 2.76. The number of hydrogen-bond acceptors (Lipinski definition) is 6. The third-order valence-corrected chi connectivity index (χ3v) is 4.91. The maximum Gasteiger partial charge on any atom is 0.246 e. The van der Waals surface area contributed by atoms with Crippen LogP contribution in [-0.2, 0) is 11.3 Å². The molecule has 1 N–H and O–H groups in total. The SMILES string of the molecule is COc1ccc(C(C(=O)NCc2nc(-c3cccs3)no2)C(C)C)cc1. The molecule has 2 aromatic heterocycles. The van der Waals surface area contributed by atoms with Crippen LogP contribution in [0.15, 0.2) is 46.3 Å². The van der Waals surface area contributed by atoms with Gasteiger partial charge in [-0.25, -0.2) is 0 Å². The summed E-state index contributed by atoms with van der Waals surface area (Å²) in [6.45, 7) is 4.25. The molecule has 1 aromatic carbocycles. The monoisotopic (exact) mass is 371 g/mol. The lowest BCUT2D eigenvalue weighted by Gasteiger charge is -2.20. The van der Waals surface area contributed by atoms with Crippen LogP contribution in [0.25, 0.3) is 10.7 Å². The Hall–Kier alpha value is -2.67. The summed E-state index contributed by atoms with van der Waals surface area (Å²) >= 11 is 1.54. The van der Waals surface area contributed by atoms with E-state index >= 15 is 0 Å².